The van der Waals surface area contributed by atoms with E-state index in [1.165, 1.54) is 6.42 Å². The highest BCUT2D eigenvalue weighted by molar-refractivity contribution is 5.69. The van der Waals surface area contributed by atoms with Gasteiger partial charge in [-0.05, 0) is 25.3 Å². The number of hydrogen-bond donors (Lipinski definition) is 1. The van der Waals surface area contributed by atoms with Gasteiger partial charge in [0.05, 0.1) is 0 Å². The first-order valence-corrected chi connectivity index (χ1v) is 5.53. The predicted molar refractivity (Wildman–Crippen MR) is 58.2 cm³/mol. The molecule has 0 aliphatic heterocycles. The van der Waals surface area contributed by atoms with Crippen LogP contribution in [0.5, 0.6) is 0 Å². The number of rotatable bonds is 8. The second-order valence-corrected chi connectivity index (χ2v) is 3.90. The van der Waals surface area contributed by atoms with Gasteiger partial charge in [0.15, 0.2) is 0 Å². The van der Waals surface area contributed by atoms with Gasteiger partial charge in [0.1, 0.15) is 6.61 Å². The maximum absolute atomic E-state index is 10.9. The molecule has 0 saturated heterocycles. The summed E-state index contributed by atoms with van der Waals surface area (Å²) >= 11 is 0. The molecule has 0 rings (SSSR count). The summed E-state index contributed by atoms with van der Waals surface area (Å²) in [5.74, 6) is 0.642. The SMILES string of the molecule is CCCC(=O)OCCNCCC(C)C. The van der Waals surface area contributed by atoms with Crippen molar-refractivity contribution in [2.75, 3.05) is 19.7 Å². The molecule has 3 heteroatoms. The lowest BCUT2D eigenvalue weighted by Gasteiger charge is -2.07. The highest BCUT2D eigenvalue weighted by atomic mass is 16.5. The van der Waals surface area contributed by atoms with Crippen LogP contribution in [-0.4, -0.2) is 25.7 Å². The Labute approximate surface area is 87.2 Å². The third-order valence-corrected chi connectivity index (χ3v) is 1.89. The van der Waals surface area contributed by atoms with E-state index >= 15 is 0 Å². The molecule has 0 radical (unpaired) electrons. The zero-order valence-electron chi connectivity index (χ0n) is 9.64. The molecule has 0 amide bonds. The summed E-state index contributed by atoms with van der Waals surface area (Å²) in [6, 6.07) is 0. The molecule has 0 fully saturated rings. The molecular formula is C11H23NO2. The van der Waals surface area contributed by atoms with Crippen LogP contribution in [0, 0.1) is 5.92 Å². The van der Waals surface area contributed by atoms with Gasteiger partial charge in [-0.15, -0.1) is 0 Å². The Morgan fingerprint density at radius 3 is 2.64 bits per heavy atom. The van der Waals surface area contributed by atoms with E-state index in [9.17, 15) is 4.79 Å². The maximum Gasteiger partial charge on any atom is 0.305 e. The normalized spacial score (nSPS) is 10.6. The molecular weight excluding hydrogens is 178 g/mol. The number of esters is 1. The highest BCUT2D eigenvalue weighted by Crippen LogP contribution is 1.96. The molecule has 0 heterocycles. The molecule has 0 aliphatic rings. The van der Waals surface area contributed by atoms with E-state index in [0.717, 1.165) is 25.4 Å². The van der Waals surface area contributed by atoms with Crippen LogP contribution in [0.4, 0.5) is 0 Å². The van der Waals surface area contributed by atoms with Gasteiger partial charge in [-0.3, -0.25) is 4.79 Å². The first kappa shape index (κ1) is 13.4. The van der Waals surface area contributed by atoms with Gasteiger partial charge >= 0.3 is 5.97 Å². The van der Waals surface area contributed by atoms with Crippen LogP contribution in [-0.2, 0) is 9.53 Å². The van der Waals surface area contributed by atoms with E-state index in [4.69, 9.17) is 4.74 Å². The Bertz CT molecular complexity index is 146. The van der Waals surface area contributed by atoms with E-state index < -0.39 is 0 Å². The first-order chi connectivity index (χ1) is 6.66. The monoisotopic (exact) mass is 201 g/mol. The largest absolute Gasteiger partial charge is 0.464 e. The number of nitrogens with one attached hydrogen (secondary N) is 1. The molecule has 84 valence electrons. The van der Waals surface area contributed by atoms with Gasteiger partial charge < -0.3 is 10.1 Å². The van der Waals surface area contributed by atoms with Crippen molar-refractivity contribution < 1.29 is 9.53 Å². The molecule has 0 aromatic carbocycles. The van der Waals surface area contributed by atoms with Crippen LogP contribution in [0.2, 0.25) is 0 Å². The highest BCUT2D eigenvalue weighted by Gasteiger charge is 1.99. The third kappa shape index (κ3) is 9.52. The first-order valence-electron chi connectivity index (χ1n) is 5.53. The van der Waals surface area contributed by atoms with E-state index in [1.807, 2.05) is 6.92 Å². The summed E-state index contributed by atoms with van der Waals surface area (Å²) in [5.41, 5.74) is 0. The molecule has 3 nitrogen and oxygen atoms in total. The van der Waals surface area contributed by atoms with Crippen molar-refractivity contribution >= 4 is 5.97 Å². The van der Waals surface area contributed by atoms with E-state index in [-0.39, 0.29) is 5.97 Å². The molecule has 1 N–H and O–H groups in total. The Hall–Kier alpha value is -0.570. The van der Waals surface area contributed by atoms with Gasteiger partial charge in [-0.1, -0.05) is 20.8 Å². The molecule has 0 spiro atoms. The van der Waals surface area contributed by atoms with Gasteiger partial charge in [0.25, 0.3) is 0 Å². The second-order valence-electron chi connectivity index (χ2n) is 3.90. The number of carbonyl (C=O) groups excluding carboxylic acids is 1. The van der Waals surface area contributed by atoms with Crippen molar-refractivity contribution in [2.45, 2.75) is 40.0 Å². The predicted octanol–water partition coefficient (Wildman–Crippen LogP) is 1.97. The van der Waals surface area contributed by atoms with E-state index in [1.54, 1.807) is 0 Å². The van der Waals surface area contributed by atoms with Crippen molar-refractivity contribution in [3.05, 3.63) is 0 Å². The van der Waals surface area contributed by atoms with Crippen molar-refractivity contribution in [1.29, 1.82) is 0 Å². The standard InChI is InChI=1S/C11H23NO2/c1-4-5-11(13)14-9-8-12-7-6-10(2)3/h10,12H,4-9H2,1-3H3. The third-order valence-electron chi connectivity index (χ3n) is 1.89. The lowest BCUT2D eigenvalue weighted by molar-refractivity contribution is -0.143. The van der Waals surface area contributed by atoms with E-state index in [0.29, 0.717) is 13.0 Å². The summed E-state index contributed by atoms with van der Waals surface area (Å²) in [7, 11) is 0. The van der Waals surface area contributed by atoms with Gasteiger partial charge in [-0.2, -0.15) is 0 Å². The minimum atomic E-state index is -0.0850. The lowest BCUT2D eigenvalue weighted by atomic mass is 10.1. The van der Waals surface area contributed by atoms with Gasteiger partial charge in [0.2, 0.25) is 0 Å². The summed E-state index contributed by atoms with van der Waals surface area (Å²) in [6.07, 6.45) is 2.56. The molecule has 0 unspecified atom stereocenters. The van der Waals surface area contributed by atoms with Crippen LogP contribution in [0.25, 0.3) is 0 Å². The quantitative estimate of drug-likeness (QED) is 0.482. The average molecular weight is 201 g/mol. The number of hydrogen-bond acceptors (Lipinski definition) is 3. The fourth-order valence-corrected chi connectivity index (χ4v) is 1.03. The Morgan fingerprint density at radius 1 is 1.36 bits per heavy atom. The Balaban J connectivity index is 3.09. The topological polar surface area (TPSA) is 38.3 Å². The fourth-order valence-electron chi connectivity index (χ4n) is 1.03. The molecule has 0 atom stereocenters. The van der Waals surface area contributed by atoms with E-state index in [2.05, 4.69) is 19.2 Å². The molecule has 0 aromatic rings. The second kappa shape index (κ2) is 9.00. The molecule has 0 aliphatic carbocycles. The fraction of sp³-hybridized carbons (Fsp3) is 0.909. The summed E-state index contributed by atoms with van der Waals surface area (Å²) in [4.78, 5) is 10.9. The Kier molecular flexibility index (Phi) is 8.64. The number of ether oxygens (including phenoxy) is 1. The summed E-state index contributed by atoms with van der Waals surface area (Å²) in [6.45, 7) is 8.64. The summed E-state index contributed by atoms with van der Waals surface area (Å²) < 4.78 is 4.99. The van der Waals surface area contributed by atoms with Gasteiger partial charge in [-0.25, -0.2) is 0 Å². The van der Waals surface area contributed by atoms with Crippen LogP contribution < -0.4 is 5.32 Å². The van der Waals surface area contributed by atoms with Gasteiger partial charge in [0, 0.05) is 13.0 Å². The van der Waals surface area contributed by atoms with Crippen LogP contribution in [0.3, 0.4) is 0 Å². The van der Waals surface area contributed by atoms with Crippen molar-refractivity contribution in [3.8, 4) is 0 Å². The zero-order valence-corrected chi connectivity index (χ0v) is 9.64. The molecule has 0 saturated carbocycles. The van der Waals surface area contributed by atoms with Crippen molar-refractivity contribution in [2.24, 2.45) is 5.92 Å². The smallest absolute Gasteiger partial charge is 0.305 e. The minimum Gasteiger partial charge on any atom is -0.464 e. The van der Waals surface area contributed by atoms with Crippen molar-refractivity contribution in [1.82, 2.24) is 5.32 Å². The lowest BCUT2D eigenvalue weighted by Crippen LogP contribution is -2.23. The average Bonchev–Trinajstić information content (AvgIpc) is 2.11. The maximum atomic E-state index is 10.9. The Morgan fingerprint density at radius 2 is 2.07 bits per heavy atom. The van der Waals surface area contributed by atoms with Crippen LogP contribution in [0.15, 0.2) is 0 Å². The van der Waals surface area contributed by atoms with Crippen LogP contribution in [0.1, 0.15) is 40.0 Å². The minimum absolute atomic E-state index is 0.0850. The summed E-state index contributed by atoms with van der Waals surface area (Å²) in [5, 5.41) is 3.24. The van der Waals surface area contributed by atoms with Crippen LogP contribution >= 0.6 is 0 Å². The zero-order chi connectivity index (χ0) is 10.8. The molecule has 0 bridgehead atoms. The number of carbonyl (C=O) groups is 1. The van der Waals surface area contributed by atoms with Crippen molar-refractivity contribution in [3.63, 3.8) is 0 Å². The molecule has 0 aromatic heterocycles. The molecule has 14 heavy (non-hydrogen) atoms.